The van der Waals surface area contributed by atoms with Gasteiger partial charge in [0.05, 0.1) is 5.52 Å². The summed E-state index contributed by atoms with van der Waals surface area (Å²) >= 11 is 0. The smallest absolute Gasteiger partial charge is 0.0540 e. The molecule has 21 heavy (non-hydrogen) atoms. The average Bonchev–Trinajstić information content (AvgIpc) is 2.81. The van der Waals surface area contributed by atoms with Crippen molar-refractivity contribution in [1.82, 2.24) is 9.55 Å². The molecule has 0 saturated heterocycles. The van der Waals surface area contributed by atoms with Crippen molar-refractivity contribution < 1.29 is 0 Å². The van der Waals surface area contributed by atoms with Crippen LogP contribution in [0.25, 0.3) is 28.7 Å². The normalized spacial score (nSPS) is 16.1. The number of nitrogens with zero attached hydrogens (tertiary/aromatic N) is 2. The van der Waals surface area contributed by atoms with Gasteiger partial charge in [-0.2, -0.15) is 0 Å². The molecule has 0 spiro atoms. The van der Waals surface area contributed by atoms with Crippen molar-refractivity contribution in [2.24, 2.45) is 5.41 Å². The van der Waals surface area contributed by atoms with Crippen LogP contribution >= 0.6 is 0 Å². The van der Waals surface area contributed by atoms with Gasteiger partial charge in [-0.15, -0.1) is 0 Å². The fraction of sp³-hybridized carbons (Fsp3) is 0.211. The molecule has 0 aliphatic heterocycles. The molecule has 0 fully saturated rings. The third kappa shape index (κ3) is 1.90. The number of rotatable bonds is 1. The number of benzene rings is 1. The van der Waals surface area contributed by atoms with E-state index in [0.717, 1.165) is 6.42 Å². The van der Waals surface area contributed by atoms with Crippen LogP contribution in [-0.4, -0.2) is 9.55 Å². The van der Waals surface area contributed by atoms with Crippen LogP contribution in [0.4, 0.5) is 0 Å². The van der Waals surface area contributed by atoms with Crippen molar-refractivity contribution in [2.45, 2.75) is 20.3 Å². The second-order valence-corrected chi connectivity index (χ2v) is 6.40. The molecule has 104 valence electrons. The summed E-state index contributed by atoms with van der Waals surface area (Å²) in [4.78, 5) is 4.14. The Hall–Kier alpha value is -2.35. The van der Waals surface area contributed by atoms with E-state index in [2.05, 4.69) is 71.9 Å². The molecule has 4 rings (SSSR count). The molecule has 1 aromatic carbocycles. The van der Waals surface area contributed by atoms with E-state index in [0.29, 0.717) is 0 Å². The first kappa shape index (κ1) is 12.4. The molecule has 0 unspecified atom stereocenters. The van der Waals surface area contributed by atoms with Crippen molar-refractivity contribution in [3.8, 4) is 5.69 Å². The molecule has 0 saturated carbocycles. The molecule has 0 atom stereocenters. The molecule has 1 aliphatic rings. The summed E-state index contributed by atoms with van der Waals surface area (Å²) in [6.45, 7) is 4.59. The first-order valence-electron chi connectivity index (χ1n) is 7.39. The fourth-order valence-electron chi connectivity index (χ4n) is 3.22. The molecule has 2 heteroatoms. The largest absolute Gasteiger partial charge is 0.309 e. The van der Waals surface area contributed by atoms with Crippen LogP contribution in [0.15, 0.2) is 48.8 Å². The Balaban J connectivity index is 2.20. The van der Waals surface area contributed by atoms with Crippen molar-refractivity contribution >= 4 is 23.1 Å². The first-order valence-corrected chi connectivity index (χ1v) is 7.39. The van der Waals surface area contributed by atoms with E-state index in [1.54, 1.807) is 0 Å². The van der Waals surface area contributed by atoms with Crippen LogP contribution in [0.1, 0.15) is 20.3 Å². The number of aromatic nitrogens is 2. The zero-order valence-corrected chi connectivity index (χ0v) is 12.4. The molecule has 3 aromatic rings. The number of fused-ring (bicyclic) bond motifs is 3. The highest BCUT2D eigenvalue weighted by atomic mass is 15.0. The molecule has 0 N–H and O–H groups in total. The van der Waals surface area contributed by atoms with Crippen molar-refractivity contribution in [2.75, 3.05) is 0 Å². The average molecular weight is 274 g/mol. The van der Waals surface area contributed by atoms with Crippen molar-refractivity contribution in [1.29, 1.82) is 0 Å². The van der Waals surface area contributed by atoms with Crippen LogP contribution in [0.5, 0.6) is 0 Å². The maximum Gasteiger partial charge on any atom is 0.0540 e. The highest BCUT2D eigenvalue weighted by Crippen LogP contribution is 2.26. The van der Waals surface area contributed by atoms with E-state index in [1.165, 1.54) is 27.2 Å². The molecule has 2 heterocycles. The Labute approximate surface area is 124 Å². The minimum Gasteiger partial charge on any atom is -0.309 e. The highest BCUT2D eigenvalue weighted by molar-refractivity contribution is 5.84. The number of pyridine rings is 1. The number of hydrogen-bond donors (Lipinski definition) is 0. The summed E-state index contributed by atoms with van der Waals surface area (Å²) < 4.78 is 2.35. The van der Waals surface area contributed by atoms with Gasteiger partial charge < -0.3 is 4.57 Å². The van der Waals surface area contributed by atoms with Gasteiger partial charge in [-0.1, -0.05) is 44.2 Å². The Morgan fingerprint density at radius 3 is 2.62 bits per heavy atom. The van der Waals surface area contributed by atoms with Crippen LogP contribution in [0.3, 0.4) is 0 Å². The van der Waals surface area contributed by atoms with Gasteiger partial charge in [0.25, 0.3) is 0 Å². The van der Waals surface area contributed by atoms with E-state index in [9.17, 15) is 0 Å². The maximum absolute atomic E-state index is 4.14. The van der Waals surface area contributed by atoms with E-state index in [4.69, 9.17) is 0 Å². The lowest BCUT2D eigenvalue weighted by molar-refractivity contribution is 0.533. The SMILES string of the molecule is CC1(C)C=c2c(n(-c3ccncc3)c3ccccc23)=CC1. The second-order valence-electron chi connectivity index (χ2n) is 6.40. The van der Waals surface area contributed by atoms with Crippen LogP contribution in [0.2, 0.25) is 0 Å². The zero-order chi connectivity index (χ0) is 14.4. The van der Waals surface area contributed by atoms with E-state index >= 15 is 0 Å². The van der Waals surface area contributed by atoms with Gasteiger partial charge in [0.15, 0.2) is 0 Å². The van der Waals surface area contributed by atoms with Crippen LogP contribution in [0, 0.1) is 5.41 Å². The number of hydrogen-bond acceptors (Lipinski definition) is 1. The molecule has 0 radical (unpaired) electrons. The fourth-order valence-corrected chi connectivity index (χ4v) is 3.22. The third-order valence-electron chi connectivity index (χ3n) is 4.23. The molecule has 1 aliphatic carbocycles. The molecule has 0 amide bonds. The van der Waals surface area contributed by atoms with Gasteiger partial charge in [0.1, 0.15) is 0 Å². The predicted molar refractivity (Wildman–Crippen MR) is 87.6 cm³/mol. The molecule has 2 aromatic heterocycles. The van der Waals surface area contributed by atoms with Crippen LogP contribution < -0.4 is 10.6 Å². The molecule has 0 bridgehead atoms. The summed E-state index contributed by atoms with van der Waals surface area (Å²) in [5.41, 5.74) is 2.66. The number of para-hydroxylation sites is 1. The Morgan fingerprint density at radius 2 is 1.81 bits per heavy atom. The van der Waals surface area contributed by atoms with E-state index in [1.807, 2.05) is 12.4 Å². The van der Waals surface area contributed by atoms with Gasteiger partial charge in [-0.05, 0) is 30.0 Å². The van der Waals surface area contributed by atoms with Gasteiger partial charge in [-0.3, -0.25) is 4.98 Å². The third-order valence-corrected chi connectivity index (χ3v) is 4.23. The van der Waals surface area contributed by atoms with Gasteiger partial charge in [0, 0.05) is 34.0 Å². The monoisotopic (exact) mass is 274 g/mol. The van der Waals surface area contributed by atoms with E-state index < -0.39 is 0 Å². The Kier molecular flexibility index (Phi) is 2.55. The summed E-state index contributed by atoms with van der Waals surface area (Å²) in [5.74, 6) is 0. The minimum absolute atomic E-state index is 0.222. The zero-order valence-electron chi connectivity index (χ0n) is 12.4. The quantitative estimate of drug-likeness (QED) is 0.667. The maximum atomic E-state index is 4.14. The van der Waals surface area contributed by atoms with Gasteiger partial charge in [-0.25, -0.2) is 0 Å². The second kappa shape index (κ2) is 4.32. The minimum atomic E-state index is 0.222. The van der Waals surface area contributed by atoms with Crippen LogP contribution in [-0.2, 0) is 0 Å². The lowest BCUT2D eigenvalue weighted by Crippen LogP contribution is -2.34. The van der Waals surface area contributed by atoms with Gasteiger partial charge in [0.2, 0.25) is 0 Å². The lowest BCUT2D eigenvalue weighted by atomic mass is 9.85. The lowest BCUT2D eigenvalue weighted by Gasteiger charge is -2.20. The molecule has 2 nitrogen and oxygen atoms in total. The standard InChI is InChI=1S/C19H18N2/c1-19(2)10-7-18-16(13-19)15-5-3-4-6-17(15)21(18)14-8-11-20-12-9-14/h3-9,11-13H,10H2,1-2H3. The molecular weight excluding hydrogens is 256 g/mol. The van der Waals surface area contributed by atoms with Crippen molar-refractivity contribution in [3.63, 3.8) is 0 Å². The predicted octanol–water partition coefficient (Wildman–Crippen LogP) is 3.02. The first-order chi connectivity index (χ1) is 10.2. The Bertz CT molecular complexity index is 931. The highest BCUT2D eigenvalue weighted by Gasteiger charge is 2.19. The molecular formula is C19H18N2. The Morgan fingerprint density at radius 1 is 1.05 bits per heavy atom. The topological polar surface area (TPSA) is 17.8 Å². The van der Waals surface area contributed by atoms with Gasteiger partial charge >= 0.3 is 0 Å². The summed E-state index contributed by atoms with van der Waals surface area (Å²) in [6.07, 6.45) is 9.57. The summed E-state index contributed by atoms with van der Waals surface area (Å²) in [5, 5.41) is 3.99. The van der Waals surface area contributed by atoms with Crippen molar-refractivity contribution in [3.05, 3.63) is 59.4 Å². The summed E-state index contributed by atoms with van der Waals surface area (Å²) in [6, 6.07) is 12.8. The summed E-state index contributed by atoms with van der Waals surface area (Å²) in [7, 11) is 0. The van der Waals surface area contributed by atoms with E-state index in [-0.39, 0.29) is 5.41 Å².